The lowest BCUT2D eigenvalue weighted by molar-refractivity contribution is -0.384. The number of pyridine rings is 1. The Bertz CT molecular complexity index is 424. The van der Waals surface area contributed by atoms with Crippen molar-refractivity contribution < 1.29 is 4.92 Å². The quantitative estimate of drug-likeness (QED) is 0.615. The van der Waals surface area contributed by atoms with E-state index in [1.54, 1.807) is 12.3 Å². The molecule has 1 aromatic heterocycles. The van der Waals surface area contributed by atoms with E-state index >= 15 is 0 Å². The standard InChI is InChI=1S/C11H16N4O2/c1-8-7-14(6-4-9(8)12)11-10(15(16)17)3-2-5-13-11/h2-3,5,8-9H,4,6-7,12H2,1H3. The van der Waals surface area contributed by atoms with E-state index in [1.165, 1.54) is 6.07 Å². The van der Waals surface area contributed by atoms with Crippen molar-refractivity contribution in [3.63, 3.8) is 0 Å². The maximum absolute atomic E-state index is 10.9. The summed E-state index contributed by atoms with van der Waals surface area (Å²) in [7, 11) is 0. The molecule has 2 heterocycles. The Kier molecular flexibility index (Phi) is 3.23. The van der Waals surface area contributed by atoms with Gasteiger partial charge in [-0.15, -0.1) is 0 Å². The summed E-state index contributed by atoms with van der Waals surface area (Å²) in [6.45, 7) is 3.51. The van der Waals surface area contributed by atoms with E-state index < -0.39 is 0 Å². The summed E-state index contributed by atoms with van der Waals surface area (Å²) < 4.78 is 0. The second-order valence-corrected chi connectivity index (χ2v) is 4.48. The van der Waals surface area contributed by atoms with Crippen LogP contribution in [0, 0.1) is 16.0 Å². The molecular weight excluding hydrogens is 220 g/mol. The van der Waals surface area contributed by atoms with Gasteiger partial charge < -0.3 is 10.6 Å². The summed E-state index contributed by atoms with van der Waals surface area (Å²) in [5, 5.41) is 10.9. The average Bonchev–Trinajstić information content (AvgIpc) is 2.32. The first kappa shape index (κ1) is 11.8. The van der Waals surface area contributed by atoms with Crippen LogP contribution in [0.15, 0.2) is 18.3 Å². The fourth-order valence-corrected chi connectivity index (χ4v) is 2.13. The summed E-state index contributed by atoms with van der Waals surface area (Å²) in [4.78, 5) is 16.6. The van der Waals surface area contributed by atoms with Gasteiger partial charge in [-0.05, 0) is 18.4 Å². The minimum absolute atomic E-state index is 0.0650. The van der Waals surface area contributed by atoms with Crippen molar-refractivity contribution in [2.45, 2.75) is 19.4 Å². The molecule has 1 saturated heterocycles. The van der Waals surface area contributed by atoms with Gasteiger partial charge in [-0.2, -0.15) is 0 Å². The van der Waals surface area contributed by atoms with E-state index in [9.17, 15) is 10.1 Å². The fourth-order valence-electron chi connectivity index (χ4n) is 2.13. The van der Waals surface area contributed by atoms with E-state index in [0.717, 1.165) is 19.5 Å². The Morgan fingerprint density at radius 1 is 1.65 bits per heavy atom. The van der Waals surface area contributed by atoms with Crippen LogP contribution in [0.25, 0.3) is 0 Å². The van der Waals surface area contributed by atoms with Gasteiger partial charge in [-0.25, -0.2) is 4.98 Å². The first-order valence-electron chi connectivity index (χ1n) is 5.69. The highest BCUT2D eigenvalue weighted by atomic mass is 16.6. The highest BCUT2D eigenvalue weighted by Crippen LogP contribution is 2.28. The van der Waals surface area contributed by atoms with Crippen LogP contribution in [0.5, 0.6) is 0 Å². The predicted octanol–water partition coefficient (Wildman–Crippen LogP) is 1.16. The molecule has 2 unspecified atom stereocenters. The van der Waals surface area contributed by atoms with Gasteiger partial charge in [-0.1, -0.05) is 6.92 Å². The van der Waals surface area contributed by atoms with E-state index in [0.29, 0.717) is 11.7 Å². The molecule has 2 atom stereocenters. The van der Waals surface area contributed by atoms with Gasteiger partial charge in [0.05, 0.1) is 4.92 Å². The van der Waals surface area contributed by atoms with Crippen LogP contribution in [0.4, 0.5) is 11.5 Å². The highest BCUT2D eigenvalue weighted by Gasteiger charge is 2.28. The zero-order valence-electron chi connectivity index (χ0n) is 9.74. The summed E-state index contributed by atoms with van der Waals surface area (Å²) in [5.74, 6) is 0.779. The van der Waals surface area contributed by atoms with Crippen LogP contribution in [0.2, 0.25) is 0 Å². The third-order valence-corrected chi connectivity index (χ3v) is 3.23. The normalized spacial score (nSPS) is 24.7. The molecule has 0 bridgehead atoms. The van der Waals surface area contributed by atoms with Crippen molar-refractivity contribution in [3.8, 4) is 0 Å². The molecule has 0 aliphatic carbocycles. The lowest BCUT2D eigenvalue weighted by atomic mass is 9.95. The molecule has 1 aromatic rings. The number of piperidine rings is 1. The van der Waals surface area contributed by atoms with Gasteiger partial charge in [0.15, 0.2) is 0 Å². The zero-order chi connectivity index (χ0) is 12.4. The molecule has 17 heavy (non-hydrogen) atoms. The number of hydrogen-bond donors (Lipinski definition) is 1. The molecule has 2 rings (SSSR count). The lowest BCUT2D eigenvalue weighted by Gasteiger charge is -2.35. The third-order valence-electron chi connectivity index (χ3n) is 3.23. The van der Waals surface area contributed by atoms with Crippen LogP contribution in [0.1, 0.15) is 13.3 Å². The van der Waals surface area contributed by atoms with Crippen LogP contribution in [-0.2, 0) is 0 Å². The molecule has 1 fully saturated rings. The van der Waals surface area contributed by atoms with Gasteiger partial charge in [0, 0.05) is 31.4 Å². The molecule has 92 valence electrons. The first-order chi connectivity index (χ1) is 8.09. The second kappa shape index (κ2) is 4.67. The monoisotopic (exact) mass is 236 g/mol. The third kappa shape index (κ3) is 2.36. The summed E-state index contributed by atoms with van der Waals surface area (Å²) >= 11 is 0. The molecule has 6 heteroatoms. The molecule has 1 aliphatic heterocycles. The molecule has 6 nitrogen and oxygen atoms in total. The SMILES string of the molecule is CC1CN(c2ncccc2[N+](=O)[O-])CCC1N. The Labute approximate surface area is 99.6 Å². The van der Waals surface area contributed by atoms with E-state index in [-0.39, 0.29) is 16.7 Å². The summed E-state index contributed by atoms with van der Waals surface area (Å²) in [5.41, 5.74) is 6.00. The number of aromatic nitrogens is 1. The maximum atomic E-state index is 10.9. The van der Waals surface area contributed by atoms with Gasteiger partial charge >= 0.3 is 5.69 Å². The van der Waals surface area contributed by atoms with Crippen LogP contribution in [-0.4, -0.2) is 29.0 Å². The number of anilines is 1. The largest absolute Gasteiger partial charge is 0.351 e. The van der Waals surface area contributed by atoms with Crippen LogP contribution < -0.4 is 10.6 Å². The van der Waals surface area contributed by atoms with Crippen molar-refractivity contribution in [2.75, 3.05) is 18.0 Å². The zero-order valence-corrected chi connectivity index (χ0v) is 9.74. The number of nitro groups is 1. The van der Waals surface area contributed by atoms with Crippen molar-refractivity contribution in [1.29, 1.82) is 0 Å². The van der Waals surface area contributed by atoms with Gasteiger partial charge in [0.25, 0.3) is 0 Å². The molecule has 0 saturated carbocycles. The van der Waals surface area contributed by atoms with Crippen LogP contribution in [0.3, 0.4) is 0 Å². The molecule has 0 aromatic carbocycles. The molecule has 0 amide bonds. The van der Waals surface area contributed by atoms with Gasteiger partial charge in [-0.3, -0.25) is 10.1 Å². The highest BCUT2D eigenvalue weighted by molar-refractivity contribution is 5.57. The lowest BCUT2D eigenvalue weighted by Crippen LogP contribution is -2.46. The second-order valence-electron chi connectivity index (χ2n) is 4.48. The minimum Gasteiger partial charge on any atom is -0.351 e. The van der Waals surface area contributed by atoms with Crippen molar-refractivity contribution in [1.82, 2.24) is 4.98 Å². The summed E-state index contributed by atoms with van der Waals surface area (Å²) in [6.07, 6.45) is 2.43. The first-order valence-corrected chi connectivity index (χ1v) is 5.69. The molecule has 0 radical (unpaired) electrons. The number of nitrogens with two attached hydrogens (primary N) is 1. The number of nitrogens with zero attached hydrogens (tertiary/aromatic N) is 3. The molecule has 2 N–H and O–H groups in total. The molecular formula is C11H16N4O2. The van der Waals surface area contributed by atoms with Gasteiger partial charge in [0.2, 0.25) is 5.82 Å². The summed E-state index contributed by atoms with van der Waals surface area (Å²) in [6, 6.07) is 3.25. The fraction of sp³-hybridized carbons (Fsp3) is 0.545. The van der Waals surface area contributed by atoms with Gasteiger partial charge in [0.1, 0.15) is 0 Å². The molecule has 1 aliphatic rings. The van der Waals surface area contributed by atoms with E-state index in [4.69, 9.17) is 5.73 Å². The Balaban J connectivity index is 2.25. The van der Waals surface area contributed by atoms with E-state index in [2.05, 4.69) is 11.9 Å². The predicted molar refractivity (Wildman–Crippen MR) is 64.9 cm³/mol. The maximum Gasteiger partial charge on any atom is 0.311 e. The Hall–Kier alpha value is -1.69. The van der Waals surface area contributed by atoms with Crippen molar-refractivity contribution in [3.05, 3.63) is 28.4 Å². The Morgan fingerprint density at radius 3 is 3.06 bits per heavy atom. The van der Waals surface area contributed by atoms with Crippen molar-refractivity contribution >= 4 is 11.5 Å². The topological polar surface area (TPSA) is 85.3 Å². The van der Waals surface area contributed by atoms with E-state index in [1.807, 2.05) is 4.90 Å². The molecule has 0 spiro atoms. The smallest absolute Gasteiger partial charge is 0.311 e. The average molecular weight is 236 g/mol. The van der Waals surface area contributed by atoms with Crippen molar-refractivity contribution in [2.24, 2.45) is 11.7 Å². The minimum atomic E-state index is -0.387. The Morgan fingerprint density at radius 2 is 2.41 bits per heavy atom. The van der Waals surface area contributed by atoms with Crippen LogP contribution >= 0.6 is 0 Å². The number of rotatable bonds is 2. The number of hydrogen-bond acceptors (Lipinski definition) is 5.